The summed E-state index contributed by atoms with van der Waals surface area (Å²) in [6, 6.07) is 9.13. The first-order chi connectivity index (χ1) is 14.7. The zero-order chi connectivity index (χ0) is 21.3. The summed E-state index contributed by atoms with van der Waals surface area (Å²) >= 11 is 0. The maximum atomic E-state index is 12.0. The lowest BCUT2D eigenvalue weighted by atomic mass is 10.1. The van der Waals surface area contributed by atoms with Crippen molar-refractivity contribution in [3.8, 4) is 17.2 Å². The molecular formula is C22H32Cl3N3O5. The van der Waals surface area contributed by atoms with Crippen molar-refractivity contribution < 1.29 is 23.7 Å². The van der Waals surface area contributed by atoms with E-state index in [2.05, 4.69) is 14.8 Å². The van der Waals surface area contributed by atoms with E-state index in [4.69, 9.17) is 18.9 Å². The molecule has 1 fully saturated rings. The van der Waals surface area contributed by atoms with Gasteiger partial charge in [-0.15, -0.1) is 37.2 Å². The Bertz CT molecular complexity index is 838. The Morgan fingerprint density at radius 2 is 1.55 bits per heavy atom. The number of methoxy groups -OCH3 is 3. The molecule has 1 aromatic carbocycles. The van der Waals surface area contributed by atoms with Crippen molar-refractivity contribution in [2.75, 3.05) is 60.7 Å². The molecule has 1 saturated heterocycles. The van der Waals surface area contributed by atoms with Crippen LogP contribution in [-0.4, -0.2) is 81.4 Å². The van der Waals surface area contributed by atoms with Crippen LogP contribution in [0.1, 0.15) is 16.1 Å². The van der Waals surface area contributed by atoms with Gasteiger partial charge >= 0.3 is 5.97 Å². The minimum absolute atomic E-state index is 0. The van der Waals surface area contributed by atoms with Crippen LogP contribution >= 0.6 is 37.2 Å². The number of benzene rings is 1. The molecule has 0 atom stereocenters. The molecule has 3 rings (SSSR count). The molecule has 8 nitrogen and oxygen atoms in total. The number of carbonyl (C=O) groups excluding carboxylic acids is 1. The van der Waals surface area contributed by atoms with E-state index < -0.39 is 0 Å². The molecule has 33 heavy (non-hydrogen) atoms. The third kappa shape index (κ3) is 8.39. The number of hydrogen-bond acceptors (Lipinski definition) is 8. The fourth-order valence-electron chi connectivity index (χ4n) is 3.52. The molecule has 186 valence electrons. The number of pyridine rings is 1. The van der Waals surface area contributed by atoms with Crippen LogP contribution in [0.15, 0.2) is 36.5 Å². The van der Waals surface area contributed by atoms with E-state index >= 15 is 0 Å². The lowest BCUT2D eigenvalue weighted by Gasteiger charge is -2.34. The van der Waals surface area contributed by atoms with Crippen molar-refractivity contribution >= 4 is 43.2 Å². The standard InChI is InChI=1S/C22H29N3O5.3ClH/c1-27-19-8-7-17(20(28-2)21(19)29-3)16-25-12-10-24(11-13-25)14-15-30-22(26)18-6-4-5-9-23-18;;;/h4-9H,10-16H2,1-3H3;3*1H. The SMILES string of the molecule is COc1ccc(CN2CCN(CCOC(=O)c3ccccn3)CC2)c(OC)c1OC.Cl.Cl.Cl. The second-order valence-corrected chi connectivity index (χ2v) is 6.96. The van der Waals surface area contributed by atoms with E-state index in [9.17, 15) is 4.79 Å². The smallest absolute Gasteiger partial charge is 0.356 e. The van der Waals surface area contributed by atoms with E-state index in [0.717, 1.165) is 38.3 Å². The molecule has 0 unspecified atom stereocenters. The molecule has 0 bridgehead atoms. The van der Waals surface area contributed by atoms with Gasteiger partial charge in [0.2, 0.25) is 5.75 Å². The Kier molecular flexibility index (Phi) is 14.9. The van der Waals surface area contributed by atoms with Gasteiger partial charge in [0, 0.05) is 51.0 Å². The number of esters is 1. The van der Waals surface area contributed by atoms with Crippen LogP contribution in [0.5, 0.6) is 17.2 Å². The minimum Gasteiger partial charge on any atom is -0.493 e. The summed E-state index contributed by atoms with van der Waals surface area (Å²) in [4.78, 5) is 20.6. The Balaban J connectivity index is 0.00000341. The fourth-order valence-corrected chi connectivity index (χ4v) is 3.52. The highest BCUT2D eigenvalue weighted by molar-refractivity contribution is 5.87. The molecule has 11 heteroatoms. The van der Waals surface area contributed by atoms with Crippen LogP contribution in [0.3, 0.4) is 0 Å². The van der Waals surface area contributed by atoms with Crippen molar-refractivity contribution in [2.45, 2.75) is 6.54 Å². The van der Waals surface area contributed by atoms with E-state index in [1.54, 1.807) is 45.7 Å². The molecule has 0 amide bonds. The van der Waals surface area contributed by atoms with Crippen LogP contribution in [0.2, 0.25) is 0 Å². The van der Waals surface area contributed by atoms with Crippen LogP contribution < -0.4 is 14.2 Å². The lowest BCUT2D eigenvalue weighted by Crippen LogP contribution is -2.46. The summed E-state index contributed by atoms with van der Waals surface area (Å²) in [5.74, 6) is 1.60. The number of piperazine rings is 1. The quantitative estimate of drug-likeness (QED) is 0.463. The number of carbonyl (C=O) groups is 1. The molecule has 0 aliphatic carbocycles. The van der Waals surface area contributed by atoms with Crippen molar-refractivity contribution in [3.63, 3.8) is 0 Å². The average molecular weight is 525 g/mol. The summed E-state index contributed by atoms with van der Waals surface area (Å²) in [6.07, 6.45) is 1.59. The Morgan fingerprint density at radius 1 is 0.879 bits per heavy atom. The van der Waals surface area contributed by atoms with Gasteiger partial charge in [0.25, 0.3) is 0 Å². The maximum Gasteiger partial charge on any atom is 0.356 e. The Morgan fingerprint density at radius 3 is 2.12 bits per heavy atom. The molecule has 0 radical (unpaired) electrons. The molecule has 0 N–H and O–H groups in total. The lowest BCUT2D eigenvalue weighted by molar-refractivity contribution is 0.0413. The second-order valence-electron chi connectivity index (χ2n) is 6.96. The van der Waals surface area contributed by atoms with Gasteiger partial charge in [-0.2, -0.15) is 0 Å². The maximum absolute atomic E-state index is 12.0. The molecule has 0 saturated carbocycles. The van der Waals surface area contributed by atoms with E-state index in [0.29, 0.717) is 36.1 Å². The van der Waals surface area contributed by atoms with Crippen LogP contribution in [-0.2, 0) is 11.3 Å². The molecular weight excluding hydrogens is 493 g/mol. The largest absolute Gasteiger partial charge is 0.493 e. The van der Waals surface area contributed by atoms with Gasteiger partial charge in [0.1, 0.15) is 12.3 Å². The highest BCUT2D eigenvalue weighted by atomic mass is 35.5. The van der Waals surface area contributed by atoms with Crippen LogP contribution in [0.25, 0.3) is 0 Å². The van der Waals surface area contributed by atoms with Gasteiger partial charge in [0.05, 0.1) is 21.3 Å². The van der Waals surface area contributed by atoms with Gasteiger partial charge in [0.15, 0.2) is 11.5 Å². The predicted octanol–water partition coefficient (Wildman–Crippen LogP) is 3.35. The Labute approximate surface area is 213 Å². The van der Waals surface area contributed by atoms with Gasteiger partial charge < -0.3 is 18.9 Å². The number of halogens is 3. The monoisotopic (exact) mass is 523 g/mol. The van der Waals surface area contributed by atoms with E-state index in [-0.39, 0.29) is 43.2 Å². The minimum atomic E-state index is -0.380. The molecule has 0 spiro atoms. The highest BCUT2D eigenvalue weighted by Crippen LogP contribution is 2.40. The van der Waals surface area contributed by atoms with Crippen molar-refractivity contribution in [1.82, 2.24) is 14.8 Å². The van der Waals surface area contributed by atoms with E-state index in [1.165, 1.54) is 0 Å². The zero-order valence-electron chi connectivity index (χ0n) is 19.0. The van der Waals surface area contributed by atoms with Crippen molar-refractivity contribution in [1.29, 1.82) is 0 Å². The summed E-state index contributed by atoms with van der Waals surface area (Å²) in [7, 11) is 4.87. The fraction of sp³-hybridized carbons (Fsp3) is 0.455. The van der Waals surface area contributed by atoms with Gasteiger partial charge in [-0.25, -0.2) is 9.78 Å². The number of rotatable bonds is 9. The zero-order valence-corrected chi connectivity index (χ0v) is 21.5. The first kappa shape index (κ1) is 31.0. The third-order valence-electron chi connectivity index (χ3n) is 5.16. The summed E-state index contributed by atoms with van der Waals surface area (Å²) in [6.45, 7) is 5.52. The van der Waals surface area contributed by atoms with Gasteiger partial charge in [-0.3, -0.25) is 9.80 Å². The first-order valence-corrected chi connectivity index (χ1v) is 9.97. The number of ether oxygens (including phenoxy) is 4. The van der Waals surface area contributed by atoms with Crippen molar-refractivity contribution in [3.05, 3.63) is 47.8 Å². The van der Waals surface area contributed by atoms with E-state index in [1.807, 2.05) is 12.1 Å². The predicted molar refractivity (Wildman–Crippen MR) is 134 cm³/mol. The highest BCUT2D eigenvalue weighted by Gasteiger charge is 2.21. The topological polar surface area (TPSA) is 73.4 Å². The molecule has 1 aliphatic rings. The molecule has 2 aromatic rings. The Hall–Kier alpha value is -1.97. The molecule has 2 heterocycles. The summed E-state index contributed by atoms with van der Waals surface area (Å²) in [5.41, 5.74) is 1.40. The number of nitrogens with zero attached hydrogens (tertiary/aromatic N) is 3. The third-order valence-corrected chi connectivity index (χ3v) is 5.16. The van der Waals surface area contributed by atoms with Crippen LogP contribution in [0, 0.1) is 0 Å². The van der Waals surface area contributed by atoms with Crippen LogP contribution in [0.4, 0.5) is 0 Å². The second kappa shape index (κ2) is 15.8. The van der Waals surface area contributed by atoms with Crippen molar-refractivity contribution in [2.24, 2.45) is 0 Å². The first-order valence-electron chi connectivity index (χ1n) is 9.97. The molecule has 1 aromatic heterocycles. The van der Waals surface area contributed by atoms with Gasteiger partial charge in [-0.05, 0) is 18.2 Å². The summed E-state index contributed by atoms with van der Waals surface area (Å²) in [5, 5.41) is 0. The number of aromatic nitrogens is 1. The average Bonchev–Trinajstić information content (AvgIpc) is 2.80. The van der Waals surface area contributed by atoms with Gasteiger partial charge in [-0.1, -0.05) is 12.1 Å². The number of hydrogen-bond donors (Lipinski definition) is 0. The summed E-state index contributed by atoms with van der Waals surface area (Å²) < 4.78 is 21.8. The normalized spacial score (nSPS) is 13.5. The molecule has 1 aliphatic heterocycles.